The number of hydrogen-bond acceptors (Lipinski definition) is 4. The van der Waals surface area contributed by atoms with Gasteiger partial charge in [-0.25, -0.2) is 4.98 Å². The molecular formula is C28H33BrClN5O. The highest BCUT2D eigenvalue weighted by molar-refractivity contribution is 9.10. The zero-order valence-corrected chi connectivity index (χ0v) is 23.1. The number of pyridine rings is 1. The molecule has 1 aliphatic heterocycles. The van der Waals surface area contributed by atoms with Gasteiger partial charge in [0.2, 0.25) is 5.91 Å². The molecule has 0 radical (unpaired) electrons. The summed E-state index contributed by atoms with van der Waals surface area (Å²) in [4.78, 5) is 22.3. The Hall–Kier alpha value is -2.22. The lowest BCUT2D eigenvalue weighted by atomic mass is 9.75. The third-order valence-corrected chi connectivity index (χ3v) is 8.51. The second kappa shape index (κ2) is 10.6. The summed E-state index contributed by atoms with van der Waals surface area (Å²) in [7, 11) is 0. The van der Waals surface area contributed by atoms with Gasteiger partial charge in [0.05, 0.1) is 18.1 Å². The molecule has 2 unspecified atom stereocenters. The van der Waals surface area contributed by atoms with E-state index in [2.05, 4.69) is 68.2 Å². The predicted molar refractivity (Wildman–Crippen MR) is 146 cm³/mol. The van der Waals surface area contributed by atoms with Crippen LogP contribution < -0.4 is 10.6 Å². The van der Waals surface area contributed by atoms with E-state index in [4.69, 9.17) is 16.6 Å². The quantitative estimate of drug-likeness (QED) is 0.426. The number of carbonyl (C=O) groups excluding carboxylic acids is 1. The number of hydrogen-bond donors (Lipinski definition) is 2. The van der Waals surface area contributed by atoms with Crippen molar-refractivity contribution in [2.45, 2.75) is 63.5 Å². The van der Waals surface area contributed by atoms with Crippen molar-refractivity contribution < 1.29 is 4.79 Å². The number of imidazole rings is 1. The molecule has 3 aromatic rings. The molecule has 3 heterocycles. The van der Waals surface area contributed by atoms with Crippen molar-refractivity contribution in [2.75, 3.05) is 13.1 Å². The molecule has 1 saturated heterocycles. The molecule has 0 bridgehead atoms. The first kappa shape index (κ1) is 25.4. The number of nitrogens with zero attached hydrogens (tertiary/aromatic N) is 3. The molecule has 2 N–H and O–H groups in total. The van der Waals surface area contributed by atoms with Gasteiger partial charge < -0.3 is 15.2 Å². The topological polar surface area (TPSA) is 71.8 Å². The molecule has 8 heteroatoms. The van der Waals surface area contributed by atoms with E-state index in [1.54, 1.807) is 6.20 Å². The number of benzene rings is 1. The summed E-state index contributed by atoms with van der Waals surface area (Å²) < 4.78 is 3.09. The molecule has 2 aliphatic rings. The van der Waals surface area contributed by atoms with Crippen molar-refractivity contribution in [3.63, 3.8) is 0 Å². The number of nitrogens with one attached hydrogen (secondary N) is 2. The third-order valence-electron chi connectivity index (χ3n) is 7.84. The van der Waals surface area contributed by atoms with Gasteiger partial charge in [-0.1, -0.05) is 17.7 Å². The maximum Gasteiger partial charge on any atom is 0.237 e. The van der Waals surface area contributed by atoms with E-state index in [1.165, 1.54) is 16.7 Å². The Morgan fingerprint density at radius 2 is 2.11 bits per heavy atom. The molecule has 0 spiro atoms. The normalized spacial score (nSPS) is 21.8. The molecule has 36 heavy (non-hydrogen) atoms. The van der Waals surface area contributed by atoms with Crippen LogP contribution in [-0.4, -0.2) is 39.6 Å². The first-order valence-electron chi connectivity index (χ1n) is 12.7. The van der Waals surface area contributed by atoms with Crippen molar-refractivity contribution in [3.8, 4) is 0 Å². The first-order valence-corrected chi connectivity index (χ1v) is 13.9. The summed E-state index contributed by atoms with van der Waals surface area (Å²) in [5, 5.41) is 7.43. The zero-order valence-electron chi connectivity index (χ0n) is 20.8. The third kappa shape index (κ3) is 5.38. The van der Waals surface area contributed by atoms with E-state index in [0.29, 0.717) is 12.5 Å². The number of carbonyl (C=O) groups is 1. The Morgan fingerprint density at radius 3 is 2.92 bits per heavy atom. The van der Waals surface area contributed by atoms with Crippen molar-refractivity contribution in [1.82, 2.24) is 25.2 Å². The zero-order chi connectivity index (χ0) is 25.3. The van der Waals surface area contributed by atoms with E-state index in [9.17, 15) is 4.79 Å². The maximum atomic E-state index is 13.2. The molecule has 190 valence electrons. The van der Waals surface area contributed by atoms with Crippen LogP contribution in [0.1, 0.15) is 61.4 Å². The van der Waals surface area contributed by atoms with Crippen molar-refractivity contribution >= 4 is 33.4 Å². The largest absolute Gasteiger partial charge is 0.355 e. The summed E-state index contributed by atoms with van der Waals surface area (Å²) in [6.07, 6.45) is 12.0. The SMILES string of the molecule is CC(C)(CCNC(=O)C1CC([C@H]2c3ccc(Cl)cc3CCc3cc(Br)cnc32)CCN1)n1ccnc1. The van der Waals surface area contributed by atoms with Crippen molar-refractivity contribution in [3.05, 3.63) is 81.1 Å². The predicted octanol–water partition coefficient (Wildman–Crippen LogP) is 5.23. The fourth-order valence-corrected chi connectivity index (χ4v) is 6.34. The minimum absolute atomic E-state index is 0.0788. The number of halogens is 2. The van der Waals surface area contributed by atoms with Gasteiger partial charge in [0, 0.05) is 46.1 Å². The van der Waals surface area contributed by atoms with Gasteiger partial charge in [0.25, 0.3) is 0 Å². The number of amides is 1. The summed E-state index contributed by atoms with van der Waals surface area (Å²) in [5.74, 6) is 0.547. The fourth-order valence-electron chi connectivity index (χ4n) is 5.77. The second-order valence-electron chi connectivity index (χ2n) is 10.6. The molecule has 3 atom stereocenters. The van der Waals surface area contributed by atoms with Crippen molar-refractivity contribution in [1.29, 1.82) is 0 Å². The lowest BCUT2D eigenvalue weighted by molar-refractivity contribution is -0.124. The van der Waals surface area contributed by atoms with E-state index >= 15 is 0 Å². The van der Waals surface area contributed by atoms with Gasteiger partial charge in [-0.05, 0) is 109 Å². The van der Waals surface area contributed by atoms with Crippen LogP contribution in [0.15, 0.2) is 53.7 Å². The molecule has 1 aliphatic carbocycles. The number of fused-ring (bicyclic) bond motifs is 2. The van der Waals surface area contributed by atoms with Crippen LogP contribution in [0.25, 0.3) is 0 Å². The highest BCUT2D eigenvalue weighted by Crippen LogP contribution is 2.43. The second-order valence-corrected chi connectivity index (χ2v) is 12.0. The number of aryl methyl sites for hydroxylation is 2. The molecular weight excluding hydrogens is 538 g/mol. The van der Waals surface area contributed by atoms with Gasteiger partial charge in [0.15, 0.2) is 0 Å². The molecule has 5 rings (SSSR count). The fraction of sp³-hybridized carbons (Fsp3) is 0.464. The average Bonchev–Trinajstić information content (AvgIpc) is 3.36. The average molecular weight is 571 g/mol. The van der Waals surface area contributed by atoms with Crippen LogP contribution in [0.5, 0.6) is 0 Å². The summed E-state index contributed by atoms with van der Waals surface area (Å²) >= 11 is 9.99. The van der Waals surface area contributed by atoms with Gasteiger partial charge >= 0.3 is 0 Å². The number of rotatable bonds is 6. The van der Waals surface area contributed by atoms with Gasteiger partial charge in [0.1, 0.15) is 0 Å². The summed E-state index contributed by atoms with van der Waals surface area (Å²) in [5.41, 5.74) is 4.92. The highest BCUT2D eigenvalue weighted by Gasteiger charge is 2.37. The highest BCUT2D eigenvalue weighted by atomic mass is 79.9. The Labute approximate surface area is 226 Å². The number of piperidine rings is 1. The minimum Gasteiger partial charge on any atom is -0.355 e. The van der Waals surface area contributed by atoms with Crippen LogP contribution in [0.4, 0.5) is 0 Å². The van der Waals surface area contributed by atoms with E-state index in [-0.39, 0.29) is 23.4 Å². The number of aromatic nitrogens is 3. The van der Waals surface area contributed by atoms with Crippen LogP contribution in [0, 0.1) is 5.92 Å². The Balaban J connectivity index is 1.33. The van der Waals surface area contributed by atoms with Crippen LogP contribution in [-0.2, 0) is 23.2 Å². The standard InChI is InChI=1S/C28H33BrClN5O/c1-28(2,35-12-11-31-17-35)8-10-33-27(36)24-15-19(7-9-32-24)25-23-6-5-22(30)14-18(23)3-4-20-13-21(29)16-34-26(20)25/h5-6,11-14,16-17,19,24-25,32H,3-4,7-10,15H2,1-2H3,(H,33,36)/t19?,24?,25-/m0/s1. The summed E-state index contributed by atoms with van der Waals surface area (Å²) in [6.45, 7) is 5.76. The Bertz CT molecular complexity index is 1180. The van der Waals surface area contributed by atoms with Crippen molar-refractivity contribution in [2.24, 2.45) is 5.92 Å². The van der Waals surface area contributed by atoms with Gasteiger partial charge in [-0.15, -0.1) is 0 Å². The van der Waals surface area contributed by atoms with Gasteiger partial charge in [-0.2, -0.15) is 0 Å². The van der Waals surface area contributed by atoms with Gasteiger partial charge in [-0.3, -0.25) is 9.78 Å². The maximum absolute atomic E-state index is 13.2. The Morgan fingerprint density at radius 1 is 1.28 bits per heavy atom. The summed E-state index contributed by atoms with van der Waals surface area (Å²) in [6, 6.07) is 8.27. The molecule has 1 fully saturated rings. The molecule has 1 aromatic carbocycles. The molecule has 0 saturated carbocycles. The van der Waals surface area contributed by atoms with Crippen LogP contribution >= 0.6 is 27.5 Å². The monoisotopic (exact) mass is 569 g/mol. The smallest absolute Gasteiger partial charge is 0.237 e. The first-order chi connectivity index (χ1) is 17.3. The van der Waals surface area contributed by atoms with Crippen LogP contribution in [0.2, 0.25) is 5.02 Å². The van der Waals surface area contributed by atoms with E-state index in [0.717, 1.165) is 53.8 Å². The van der Waals surface area contributed by atoms with E-state index in [1.807, 2.05) is 24.8 Å². The lowest BCUT2D eigenvalue weighted by Crippen LogP contribution is -2.50. The Kier molecular flexibility index (Phi) is 7.52. The van der Waals surface area contributed by atoms with Crippen LogP contribution in [0.3, 0.4) is 0 Å². The molecule has 2 aromatic heterocycles. The van der Waals surface area contributed by atoms with E-state index < -0.39 is 0 Å². The molecule has 1 amide bonds. The lowest BCUT2D eigenvalue weighted by Gasteiger charge is -2.36. The minimum atomic E-state index is -0.210. The molecule has 6 nitrogen and oxygen atoms in total.